The van der Waals surface area contributed by atoms with E-state index in [9.17, 15) is 34.2 Å². The van der Waals surface area contributed by atoms with Crippen LogP contribution in [-0.4, -0.2) is 104 Å². The smallest absolute Gasteiger partial charge is 0.345 e. The van der Waals surface area contributed by atoms with Gasteiger partial charge < -0.3 is 25.7 Å². The van der Waals surface area contributed by atoms with Gasteiger partial charge in [-0.1, -0.05) is 46.3 Å². The van der Waals surface area contributed by atoms with Crippen LogP contribution in [-0.2, 0) is 30.4 Å². The molecule has 0 radical (unpaired) electrons. The second-order valence-electron chi connectivity index (χ2n) is 6.82. The summed E-state index contributed by atoms with van der Waals surface area (Å²) in [7, 11) is 0. The van der Waals surface area contributed by atoms with E-state index in [2.05, 4.69) is 21.2 Å². The van der Waals surface area contributed by atoms with Crippen LogP contribution >= 0.6 is 15.9 Å². The average Bonchev–Trinajstić information content (AvgIpc) is 2.69. The van der Waals surface area contributed by atoms with Gasteiger partial charge in [0.1, 0.15) is 0 Å². The second-order valence-corrected chi connectivity index (χ2v) is 7.38. The van der Waals surface area contributed by atoms with Crippen molar-refractivity contribution in [2.75, 3.05) is 38.1 Å². The number of halogens is 1. The molecule has 32 heavy (non-hydrogen) atoms. The Hall–Kier alpha value is -3.03. The molecule has 1 amide bonds. The van der Waals surface area contributed by atoms with Gasteiger partial charge >= 0.3 is 23.9 Å². The first-order valence-electron chi connectivity index (χ1n) is 9.27. The Morgan fingerprint density at radius 3 is 1.81 bits per heavy atom. The Labute approximate surface area is 191 Å². The van der Waals surface area contributed by atoms with Crippen LogP contribution in [0.4, 0.5) is 0 Å². The van der Waals surface area contributed by atoms with Gasteiger partial charge in [-0.3, -0.25) is 29.0 Å². The molecule has 5 N–H and O–H groups in total. The maximum Gasteiger partial charge on any atom is 0.345 e. The first-order chi connectivity index (χ1) is 15.0. The van der Waals surface area contributed by atoms with Gasteiger partial charge in [0.15, 0.2) is 5.66 Å². The molecule has 0 heterocycles. The van der Waals surface area contributed by atoms with Gasteiger partial charge in [-0.05, 0) is 5.56 Å². The van der Waals surface area contributed by atoms with Gasteiger partial charge in [0.05, 0.1) is 25.0 Å². The number of aliphatic carboxylic acids is 4. The number of carbonyl (C=O) groups excluding carboxylic acids is 1. The van der Waals surface area contributed by atoms with Gasteiger partial charge in [-0.15, -0.1) is 0 Å². The van der Waals surface area contributed by atoms with E-state index >= 15 is 0 Å². The summed E-state index contributed by atoms with van der Waals surface area (Å²) >= 11 is 2.94. The first kappa shape index (κ1) is 27.0. The molecule has 13 heteroatoms. The van der Waals surface area contributed by atoms with E-state index < -0.39 is 55.1 Å². The first-order valence-corrected chi connectivity index (χ1v) is 10.4. The number of nitrogens with zero attached hydrogens (tertiary/aromatic N) is 2. The fraction of sp³-hybridized carbons (Fsp3) is 0.421. The molecule has 0 spiro atoms. The highest BCUT2D eigenvalue weighted by Crippen LogP contribution is 2.20. The third-order valence-corrected chi connectivity index (χ3v) is 4.90. The largest absolute Gasteiger partial charge is 0.480 e. The number of amides is 1. The van der Waals surface area contributed by atoms with Crippen LogP contribution in [0.25, 0.3) is 0 Å². The standard InChI is InChI=1S/C19H24BrN3O9/c20-9-14(24)21-19(18(31)32,8-13-4-2-1-3-5-13)23(12-17(29)30)7-6-22(10-15(25)26)11-16(27)28/h1-5H,6-12H2,(H,21,24)(H,25,26)(H,27,28)(H,29,30)(H,31,32). The third-order valence-electron chi connectivity index (χ3n) is 4.39. The number of carbonyl (C=O) groups is 5. The minimum Gasteiger partial charge on any atom is -0.480 e. The van der Waals surface area contributed by atoms with Crippen LogP contribution in [0.15, 0.2) is 30.3 Å². The van der Waals surface area contributed by atoms with Gasteiger partial charge in [0, 0.05) is 19.5 Å². The molecular weight excluding hydrogens is 494 g/mol. The van der Waals surface area contributed by atoms with E-state index in [0.717, 1.165) is 9.80 Å². The van der Waals surface area contributed by atoms with Crippen LogP contribution < -0.4 is 5.32 Å². The SMILES string of the molecule is O=C(O)CN(CCN(CC(=O)O)C(Cc1ccccc1)(NC(=O)CBr)C(=O)O)CC(=O)O. The van der Waals surface area contributed by atoms with Crippen molar-refractivity contribution in [1.29, 1.82) is 0 Å². The topological polar surface area (TPSA) is 185 Å². The average molecular weight is 518 g/mol. The van der Waals surface area contributed by atoms with Crippen LogP contribution in [0.2, 0.25) is 0 Å². The summed E-state index contributed by atoms with van der Waals surface area (Å²) in [5.74, 6) is -6.25. The number of nitrogens with one attached hydrogen (secondary N) is 1. The summed E-state index contributed by atoms with van der Waals surface area (Å²) < 4.78 is 0. The fourth-order valence-electron chi connectivity index (χ4n) is 3.08. The minimum absolute atomic E-state index is 0.248. The quantitative estimate of drug-likeness (QED) is 0.147. The molecule has 0 saturated carbocycles. The van der Waals surface area contributed by atoms with Gasteiger partial charge in [-0.25, -0.2) is 4.79 Å². The van der Waals surface area contributed by atoms with Crippen LogP contribution in [0.1, 0.15) is 5.56 Å². The molecule has 12 nitrogen and oxygen atoms in total. The Balaban J connectivity index is 3.37. The summed E-state index contributed by atoms with van der Waals surface area (Å²) in [6, 6.07) is 8.22. The highest BCUT2D eigenvalue weighted by atomic mass is 79.9. The number of hydrogen-bond acceptors (Lipinski definition) is 7. The number of carboxylic acids is 4. The lowest BCUT2D eigenvalue weighted by molar-refractivity contribution is -0.161. The van der Waals surface area contributed by atoms with Crippen molar-refractivity contribution in [3.8, 4) is 0 Å². The molecule has 0 bridgehead atoms. The van der Waals surface area contributed by atoms with Crippen LogP contribution in [0.3, 0.4) is 0 Å². The molecule has 0 fully saturated rings. The molecule has 0 aromatic heterocycles. The van der Waals surface area contributed by atoms with Crippen molar-refractivity contribution < 1.29 is 44.4 Å². The Morgan fingerprint density at radius 1 is 0.844 bits per heavy atom. The molecule has 176 valence electrons. The summed E-state index contributed by atoms with van der Waals surface area (Å²) in [6.07, 6.45) is -0.299. The van der Waals surface area contributed by atoms with Gasteiger partial charge in [0.25, 0.3) is 0 Å². The molecule has 1 aromatic rings. The third kappa shape index (κ3) is 8.61. The molecule has 1 unspecified atom stereocenters. The predicted octanol–water partition coefficient (Wildman–Crippen LogP) is -0.621. The zero-order chi connectivity index (χ0) is 24.3. The van der Waals surface area contributed by atoms with Crippen molar-refractivity contribution in [3.05, 3.63) is 35.9 Å². The fourth-order valence-corrected chi connectivity index (χ4v) is 3.22. The molecule has 0 aliphatic heterocycles. The van der Waals surface area contributed by atoms with E-state index in [1.54, 1.807) is 30.3 Å². The predicted molar refractivity (Wildman–Crippen MR) is 113 cm³/mol. The Kier molecular flexibility index (Phi) is 10.7. The maximum atomic E-state index is 12.4. The number of benzene rings is 1. The van der Waals surface area contributed by atoms with Crippen LogP contribution in [0, 0.1) is 0 Å². The lowest BCUT2D eigenvalue weighted by Crippen LogP contribution is -2.68. The zero-order valence-corrected chi connectivity index (χ0v) is 18.5. The minimum atomic E-state index is -2.19. The van der Waals surface area contributed by atoms with E-state index in [4.69, 9.17) is 10.2 Å². The number of rotatable bonds is 15. The highest BCUT2D eigenvalue weighted by molar-refractivity contribution is 9.09. The monoisotopic (exact) mass is 517 g/mol. The second kappa shape index (κ2) is 12.7. The summed E-state index contributed by atoms with van der Waals surface area (Å²) in [5.41, 5.74) is -1.70. The van der Waals surface area contributed by atoms with Crippen molar-refractivity contribution in [2.24, 2.45) is 0 Å². The molecule has 0 aliphatic carbocycles. The molecule has 1 rings (SSSR count). The van der Waals surface area contributed by atoms with E-state index in [0.29, 0.717) is 5.56 Å². The molecule has 0 aliphatic rings. The molecular formula is C19H24BrN3O9. The summed E-state index contributed by atoms with van der Waals surface area (Å²) in [4.78, 5) is 60.2. The molecule has 1 aromatic carbocycles. The molecule has 1 atom stereocenters. The van der Waals surface area contributed by atoms with E-state index in [1.165, 1.54) is 0 Å². The van der Waals surface area contributed by atoms with E-state index in [-0.39, 0.29) is 24.8 Å². The van der Waals surface area contributed by atoms with Crippen molar-refractivity contribution in [3.63, 3.8) is 0 Å². The Bertz CT molecular complexity index is 821. The zero-order valence-electron chi connectivity index (χ0n) is 16.9. The number of hydrogen-bond donors (Lipinski definition) is 5. The van der Waals surface area contributed by atoms with Gasteiger partial charge in [-0.2, -0.15) is 0 Å². The lowest BCUT2D eigenvalue weighted by atomic mass is 9.96. The van der Waals surface area contributed by atoms with Crippen molar-refractivity contribution >= 4 is 45.7 Å². The normalized spacial score (nSPS) is 12.8. The van der Waals surface area contributed by atoms with Crippen molar-refractivity contribution in [1.82, 2.24) is 15.1 Å². The number of alkyl halides is 1. The lowest BCUT2D eigenvalue weighted by Gasteiger charge is -2.41. The maximum absolute atomic E-state index is 12.4. The molecule has 0 saturated heterocycles. The highest BCUT2D eigenvalue weighted by Gasteiger charge is 2.46. The summed E-state index contributed by atoms with van der Waals surface area (Å²) in [6.45, 7) is -2.75. The van der Waals surface area contributed by atoms with Crippen LogP contribution in [0.5, 0.6) is 0 Å². The summed E-state index contributed by atoms with van der Waals surface area (Å²) in [5, 5.41) is 39.6. The van der Waals surface area contributed by atoms with E-state index in [1.807, 2.05) is 0 Å². The van der Waals surface area contributed by atoms with Gasteiger partial charge in [0.2, 0.25) is 5.91 Å². The van der Waals surface area contributed by atoms with Crippen molar-refractivity contribution in [2.45, 2.75) is 12.1 Å². The number of carboxylic acid groups (broad SMARTS) is 4. The Morgan fingerprint density at radius 2 is 1.38 bits per heavy atom.